The lowest BCUT2D eigenvalue weighted by atomic mass is 10.3. The van der Waals surface area contributed by atoms with Crippen LogP contribution in [-0.2, 0) is 0 Å². The predicted octanol–water partition coefficient (Wildman–Crippen LogP) is 2.44. The molecule has 0 atom stereocenters. The molecule has 0 spiro atoms. The number of para-hydroxylation sites is 1. The molecule has 0 saturated heterocycles. The first-order chi connectivity index (χ1) is 6.42. The summed E-state index contributed by atoms with van der Waals surface area (Å²) < 4.78 is 2.06. The molecule has 0 fully saturated rings. The summed E-state index contributed by atoms with van der Waals surface area (Å²) >= 11 is 0. The van der Waals surface area contributed by atoms with Crippen LogP contribution in [0.15, 0.2) is 42.7 Å². The first-order valence-corrected chi connectivity index (χ1v) is 4.30. The SMILES string of the molecule is C[CH]c1nccn1-c1ccccc1. The lowest BCUT2D eigenvalue weighted by molar-refractivity contribution is 0.984. The fourth-order valence-corrected chi connectivity index (χ4v) is 1.34. The lowest BCUT2D eigenvalue weighted by Gasteiger charge is -2.04. The molecule has 0 unspecified atom stereocenters. The molecule has 2 heteroatoms. The minimum Gasteiger partial charge on any atom is -0.304 e. The van der Waals surface area contributed by atoms with Gasteiger partial charge in [-0.1, -0.05) is 25.1 Å². The summed E-state index contributed by atoms with van der Waals surface area (Å²) in [7, 11) is 0. The Labute approximate surface area is 77.9 Å². The van der Waals surface area contributed by atoms with Crippen molar-refractivity contribution in [3.05, 3.63) is 55.0 Å². The van der Waals surface area contributed by atoms with Crippen LogP contribution < -0.4 is 0 Å². The Kier molecular flexibility index (Phi) is 2.13. The Balaban J connectivity index is 2.47. The molecule has 1 aromatic heterocycles. The second-order valence-corrected chi connectivity index (χ2v) is 2.78. The fraction of sp³-hybridized carbons (Fsp3) is 0.0909. The molecule has 0 saturated carbocycles. The maximum absolute atomic E-state index is 4.22. The van der Waals surface area contributed by atoms with Crippen molar-refractivity contribution in [1.29, 1.82) is 0 Å². The Hall–Kier alpha value is -1.57. The molecule has 2 aromatic rings. The van der Waals surface area contributed by atoms with Gasteiger partial charge in [0.1, 0.15) is 5.82 Å². The first kappa shape index (κ1) is 8.05. The third-order valence-corrected chi connectivity index (χ3v) is 1.96. The van der Waals surface area contributed by atoms with E-state index < -0.39 is 0 Å². The summed E-state index contributed by atoms with van der Waals surface area (Å²) in [5.41, 5.74) is 1.15. The van der Waals surface area contributed by atoms with Gasteiger partial charge >= 0.3 is 0 Å². The van der Waals surface area contributed by atoms with Crippen molar-refractivity contribution in [3.63, 3.8) is 0 Å². The van der Waals surface area contributed by atoms with E-state index in [0.29, 0.717) is 0 Å². The van der Waals surface area contributed by atoms with Crippen LogP contribution in [0, 0.1) is 6.42 Å². The summed E-state index contributed by atoms with van der Waals surface area (Å²) in [6.07, 6.45) is 5.76. The summed E-state index contributed by atoms with van der Waals surface area (Å²) in [5.74, 6) is 0.978. The van der Waals surface area contributed by atoms with Crippen molar-refractivity contribution in [2.24, 2.45) is 0 Å². The molecule has 1 heterocycles. The molecule has 0 aliphatic rings. The lowest BCUT2D eigenvalue weighted by Crippen LogP contribution is -1.96. The van der Waals surface area contributed by atoms with Crippen LogP contribution in [0.25, 0.3) is 5.69 Å². The Morgan fingerprint density at radius 2 is 2.00 bits per heavy atom. The quantitative estimate of drug-likeness (QED) is 0.678. The van der Waals surface area contributed by atoms with Crippen molar-refractivity contribution in [1.82, 2.24) is 9.55 Å². The van der Waals surface area contributed by atoms with Crippen molar-refractivity contribution < 1.29 is 0 Å². The maximum Gasteiger partial charge on any atom is 0.116 e. The van der Waals surface area contributed by atoms with Gasteiger partial charge < -0.3 is 4.57 Å². The van der Waals surface area contributed by atoms with Gasteiger partial charge in [-0.15, -0.1) is 0 Å². The van der Waals surface area contributed by atoms with E-state index in [2.05, 4.69) is 21.7 Å². The van der Waals surface area contributed by atoms with Gasteiger partial charge in [-0.25, -0.2) is 4.98 Å². The van der Waals surface area contributed by atoms with E-state index in [1.54, 1.807) is 0 Å². The molecule has 0 N–H and O–H groups in total. The first-order valence-electron chi connectivity index (χ1n) is 4.30. The Morgan fingerprint density at radius 1 is 1.23 bits per heavy atom. The Bertz CT molecular complexity index is 376. The summed E-state index contributed by atoms with van der Waals surface area (Å²) in [5, 5.41) is 0. The van der Waals surface area contributed by atoms with Gasteiger partial charge in [0.15, 0.2) is 0 Å². The molecule has 2 nitrogen and oxygen atoms in total. The number of aromatic nitrogens is 2. The molecule has 0 aliphatic heterocycles. The number of imidazole rings is 1. The topological polar surface area (TPSA) is 17.8 Å². The zero-order valence-corrected chi connectivity index (χ0v) is 7.51. The maximum atomic E-state index is 4.22. The molecule has 0 amide bonds. The smallest absolute Gasteiger partial charge is 0.116 e. The zero-order valence-electron chi connectivity index (χ0n) is 7.51. The van der Waals surface area contributed by atoms with Crippen molar-refractivity contribution in [3.8, 4) is 5.69 Å². The van der Waals surface area contributed by atoms with Crippen molar-refractivity contribution >= 4 is 0 Å². The highest BCUT2D eigenvalue weighted by Gasteiger charge is 2.00. The van der Waals surface area contributed by atoms with Crippen LogP contribution in [0.3, 0.4) is 0 Å². The van der Waals surface area contributed by atoms with E-state index in [0.717, 1.165) is 11.5 Å². The van der Waals surface area contributed by atoms with Gasteiger partial charge in [-0.05, 0) is 12.1 Å². The van der Waals surface area contributed by atoms with Gasteiger partial charge in [-0.2, -0.15) is 0 Å². The van der Waals surface area contributed by atoms with Crippen LogP contribution in [0.1, 0.15) is 12.7 Å². The van der Waals surface area contributed by atoms with Gasteiger partial charge in [0.05, 0.1) is 0 Å². The average molecular weight is 171 g/mol. The number of hydrogen-bond acceptors (Lipinski definition) is 1. The molecule has 0 aliphatic carbocycles. The van der Waals surface area contributed by atoms with Gasteiger partial charge in [0.2, 0.25) is 0 Å². The molecule has 65 valence electrons. The van der Waals surface area contributed by atoms with Crippen LogP contribution in [0.4, 0.5) is 0 Å². The van der Waals surface area contributed by atoms with E-state index in [9.17, 15) is 0 Å². The molecular formula is C11H11N2. The highest BCUT2D eigenvalue weighted by molar-refractivity contribution is 5.33. The minimum atomic E-state index is 0.978. The van der Waals surface area contributed by atoms with Gasteiger partial charge in [-0.3, -0.25) is 0 Å². The van der Waals surface area contributed by atoms with E-state index >= 15 is 0 Å². The highest BCUT2D eigenvalue weighted by atomic mass is 15.1. The molecule has 1 radical (unpaired) electrons. The number of benzene rings is 1. The summed E-state index contributed by atoms with van der Waals surface area (Å²) in [4.78, 5) is 4.22. The van der Waals surface area contributed by atoms with Crippen molar-refractivity contribution in [2.45, 2.75) is 6.92 Å². The van der Waals surface area contributed by atoms with Gasteiger partial charge in [0, 0.05) is 24.5 Å². The summed E-state index contributed by atoms with van der Waals surface area (Å²) in [6, 6.07) is 10.2. The van der Waals surface area contributed by atoms with Gasteiger partial charge in [0.25, 0.3) is 0 Å². The fourth-order valence-electron chi connectivity index (χ4n) is 1.34. The number of hydrogen-bond donors (Lipinski definition) is 0. The molecular weight excluding hydrogens is 160 g/mol. The molecule has 13 heavy (non-hydrogen) atoms. The van der Waals surface area contributed by atoms with Crippen LogP contribution >= 0.6 is 0 Å². The second kappa shape index (κ2) is 3.44. The Morgan fingerprint density at radius 3 is 2.69 bits per heavy atom. The summed E-state index contributed by atoms with van der Waals surface area (Å²) in [6.45, 7) is 1.99. The van der Waals surface area contributed by atoms with E-state index in [4.69, 9.17) is 0 Å². The monoisotopic (exact) mass is 171 g/mol. The molecule has 2 rings (SSSR count). The van der Waals surface area contributed by atoms with Crippen LogP contribution in [-0.4, -0.2) is 9.55 Å². The molecule has 1 aromatic carbocycles. The third kappa shape index (κ3) is 1.47. The minimum absolute atomic E-state index is 0.978. The number of rotatable bonds is 2. The van der Waals surface area contributed by atoms with Crippen LogP contribution in [0.5, 0.6) is 0 Å². The predicted molar refractivity (Wildman–Crippen MR) is 52.6 cm³/mol. The van der Waals surface area contributed by atoms with E-state index in [1.165, 1.54) is 0 Å². The van der Waals surface area contributed by atoms with Crippen molar-refractivity contribution in [2.75, 3.05) is 0 Å². The normalized spacial score (nSPS) is 10.2. The average Bonchev–Trinajstić information content (AvgIpc) is 2.67. The second-order valence-electron chi connectivity index (χ2n) is 2.78. The zero-order chi connectivity index (χ0) is 9.10. The van der Waals surface area contributed by atoms with E-state index in [-0.39, 0.29) is 0 Å². The third-order valence-electron chi connectivity index (χ3n) is 1.96. The standard InChI is InChI=1S/C11H11N2/c1-2-11-12-8-9-13(11)10-6-4-3-5-7-10/h2-9H,1H3. The number of nitrogens with zero attached hydrogens (tertiary/aromatic N) is 2. The largest absolute Gasteiger partial charge is 0.304 e. The van der Waals surface area contributed by atoms with Crippen LogP contribution in [0.2, 0.25) is 0 Å². The highest BCUT2D eigenvalue weighted by Crippen LogP contribution is 2.10. The van der Waals surface area contributed by atoms with E-state index in [1.807, 2.05) is 43.9 Å². The molecule has 0 bridgehead atoms.